The number of amides is 1. The summed E-state index contributed by atoms with van der Waals surface area (Å²) in [6.07, 6.45) is 2.71. The van der Waals surface area contributed by atoms with Crippen LogP contribution in [0.15, 0.2) is 23.0 Å². The molecule has 2 aromatic rings. The quantitative estimate of drug-likeness (QED) is 0.876. The highest BCUT2D eigenvalue weighted by atomic mass is 16.3. The molecule has 6 nitrogen and oxygen atoms in total. The Morgan fingerprint density at radius 3 is 2.79 bits per heavy atom. The molecule has 0 radical (unpaired) electrons. The lowest BCUT2D eigenvalue weighted by atomic mass is 10.1. The number of furan rings is 1. The number of rotatable bonds is 3. The Balaban J connectivity index is 2.15. The molecule has 1 amide bonds. The molecule has 2 rings (SSSR count). The van der Waals surface area contributed by atoms with Crippen LogP contribution in [0.2, 0.25) is 0 Å². The van der Waals surface area contributed by atoms with Gasteiger partial charge in [0.2, 0.25) is 0 Å². The van der Waals surface area contributed by atoms with Crippen LogP contribution in [0.3, 0.4) is 0 Å². The Morgan fingerprint density at radius 2 is 2.21 bits per heavy atom. The van der Waals surface area contributed by atoms with Crippen LogP contribution in [-0.2, 0) is 0 Å². The van der Waals surface area contributed by atoms with Gasteiger partial charge in [-0.05, 0) is 26.8 Å². The second-order valence-corrected chi connectivity index (χ2v) is 4.39. The van der Waals surface area contributed by atoms with Gasteiger partial charge < -0.3 is 15.5 Å². The van der Waals surface area contributed by atoms with Crippen LogP contribution in [0.5, 0.6) is 0 Å². The largest absolute Gasteiger partial charge is 0.466 e. The first-order valence-corrected chi connectivity index (χ1v) is 5.92. The van der Waals surface area contributed by atoms with Crippen molar-refractivity contribution in [1.82, 2.24) is 15.3 Å². The Bertz CT molecular complexity index is 606. The zero-order chi connectivity index (χ0) is 14.0. The van der Waals surface area contributed by atoms with Crippen molar-refractivity contribution < 1.29 is 9.21 Å². The van der Waals surface area contributed by atoms with E-state index < -0.39 is 0 Å². The maximum Gasteiger partial charge on any atom is 0.257 e. The number of nitrogens with two attached hydrogens (primary N) is 1. The smallest absolute Gasteiger partial charge is 0.257 e. The molecule has 6 heteroatoms. The van der Waals surface area contributed by atoms with E-state index in [4.69, 9.17) is 10.2 Å². The summed E-state index contributed by atoms with van der Waals surface area (Å²) >= 11 is 0. The lowest BCUT2D eigenvalue weighted by molar-refractivity contribution is 0.0940. The topological polar surface area (TPSA) is 94.0 Å². The lowest BCUT2D eigenvalue weighted by Gasteiger charge is -2.13. The van der Waals surface area contributed by atoms with Crippen molar-refractivity contribution in [2.45, 2.75) is 26.8 Å². The normalized spacial score (nSPS) is 12.2. The molecule has 0 aromatic carbocycles. The molecule has 1 atom stereocenters. The van der Waals surface area contributed by atoms with Crippen LogP contribution in [0.4, 0.5) is 5.82 Å². The zero-order valence-electron chi connectivity index (χ0n) is 11.1. The third kappa shape index (κ3) is 2.73. The van der Waals surface area contributed by atoms with Crippen molar-refractivity contribution in [2.75, 3.05) is 5.73 Å². The Labute approximate surface area is 111 Å². The molecule has 0 saturated heterocycles. The summed E-state index contributed by atoms with van der Waals surface area (Å²) in [5, 5.41) is 2.85. The van der Waals surface area contributed by atoms with E-state index in [0.29, 0.717) is 0 Å². The molecule has 2 aromatic heterocycles. The van der Waals surface area contributed by atoms with Gasteiger partial charge in [0.25, 0.3) is 5.91 Å². The fourth-order valence-electron chi connectivity index (χ4n) is 1.95. The van der Waals surface area contributed by atoms with Gasteiger partial charge in [-0.3, -0.25) is 4.79 Å². The first-order valence-electron chi connectivity index (χ1n) is 5.92. The number of nitrogens with one attached hydrogen (secondary N) is 1. The molecule has 0 aliphatic carbocycles. The van der Waals surface area contributed by atoms with Crippen LogP contribution in [-0.4, -0.2) is 15.9 Å². The second-order valence-electron chi connectivity index (χ2n) is 4.39. The third-order valence-corrected chi connectivity index (χ3v) is 2.88. The number of nitrogens with zero attached hydrogens (tertiary/aromatic N) is 2. The van der Waals surface area contributed by atoms with Gasteiger partial charge in [-0.15, -0.1) is 0 Å². The van der Waals surface area contributed by atoms with E-state index >= 15 is 0 Å². The Kier molecular flexibility index (Phi) is 3.50. The van der Waals surface area contributed by atoms with Crippen LogP contribution >= 0.6 is 0 Å². The van der Waals surface area contributed by atoms with Gasteiger partial charge in [-0.1, -0.05) is 0 Å². The van der Waals surface area contributed by atoms with E-state index in [1.165, 1.54) is 12.5 Å². The minimum absolute atomic E-state index is 0.166. The summed E-state index contributed by atoms with van der Waals surface area (Å²) in [6.45, 7) is 5.62. The van der Waals surface area contributed by atoms with E-state index in [1.807, 2.05) is 26.8 Å². The first kappa shape index (κ1) is 13.1. The maximum atomic E-state index is 12.1. The molecule has 19 heavy (non-hydrogen) atoms. The average Bonchev–Trinajstić information content (AvgIpc) is 2.69. The number of carbonyl (C=O) groups is 1. The van der Waals surface area contributed by atoms with Gasteiger partial charge in [-0.2, -0.15) is 0 Å². The van der Waals surface area contributed by atoms with Crippen LogP contribution in [0.25, 0.3) is 0 Å². The van der Waals surface area contributed by atoms with E-state index in [0.717, 1.165) is 17.1 Å². The highest BCUT2D eigenvalue weighted by Gasteiger charge is 2.17. The number of carbonyl (C=O) groups excluding carboxylic acids is 1. The maximum absolute atomic E-state index is 12.1. The van der Waals surface area contributed by atoms with Crippen LogP contribution in [0.1, 0.15) is 40.4 Å². The van der Waals surface area contributed by atoms with E-state index in [1.54, 1.807) is 0 Å². The van der Waals surface area contributed by atoms with Crippen LogP contribution in [0, 0.1) is 13.8 Å². The molecular formula is C13H16N4O2. The first-order chi connectivity index (χ1) is 8.99. The van der Waals surface area contributed by atoms with E-state index in [-0.39, 0.29) is 23.3 Å². The molecule has 100 valence electrons. The third-order valence-electron chi connectivity index (χ3n) is 2.88. The summed E-state index contributed by atoms with van der Waals surface area (Å²) in [7, 11) is 0. The van der Waals surface area contributed by atoms with E-state index in [2.05, 4.69) is 15.3 Å². The van der Waals surface area contributed by atoms with Crippen molar-refractivity contribution in [3.05, 3.63) is 41.2 Å². The fraction of sp³-hybridized carbons (Fsp3) is 0.308. The summed E-state index contributed by atoms with van der Waals surface area (Å²) in [5.41, 5.74) is 6.86. The molecule has 0 aliphatic rings. The van der Waals surface area contributed by atoms with Gasteiger partial charge in [-0.25, -0.2) is 9.97 Å². The minimum atomic E-state index is -0.302. The molecule has 0 bridgehead atoms. The molecule has 2 heterocycles. The number of anilines is 1. The van der Waals surface area contributed by atoms with Crippen molar-refractivity contribution in [3.8, 4) is 0 Å². The predicted octanol–water partition coefficient (Wildman–Crippen LogP) is 1.76. The standard InChI is InChI=1S/C13H16N4O2/c1-7-4-10(9(3)19-7)8(2)17-13(18)11-5-15-6-16-12(11)14/h4-6,8H,1-3H3,(H,17,18)(H2,14,15,16)/t8-/m0/s1. The summed E-state index contributed by atoms with van der Waals surface area (Å²) in [5.74, 6) is 1.47. The lowest BCUT2D eigenvalue weighted by Crippen LogP contribution is -2.27. The minimum Gasteiger partial charge on any atom is -0.466 e. The number of aryl methyl sites for hydroxylation is 2. The predicted molar refractivity (Wildman–Crippen MR) is 70.5 cm³/mol. The monoisotopic (exact) mass is 260 g/mol. The van der Waals surface area contributed by atoms with Gasteiger partial charge >= 0.3 is 0 Å². The molecule has 0 unspecified atom stereocenters. The molecule has 0 saturated carbocycles. The van der Waals surface area contributed by atoms with Gasteiger partial charge in [0.15, 0.2) is 0 Å². The summed E-state index contributed by atoms with van der Waals surface area (Å²) in [6, 6.07) is 1.73. The molecule has 3 N–H and O–H groups in total. The molecular weight excluding hydrogens is 244 g/mol. The van der Waals surface area contributed by atoms with Gasteiger partial charge in [0, 0.05) is 11.8 Å². The summed E-state index contributed by atoms with van der Waals surface area (Å²) < 4.78 is 5.45. The van der Waals surface area contributed by atoms with Crippen LogP contribution < -0.4 is 11.1 Å². The number of aromatic nitrogens is 2. The van der Waals surface area contributed by atoms with Crippen molar-refractivity contribution in [3.63, 3.8) is 0 Å². The fourth-order valence-corrected chi connectivity index (χ4v) is 1.95. The Hall–Kier alpha value is -2.37. The van der Waals surface area contributed by atoms with Gasteiger partial charge in [0.1, 0.15) is 23.7 Å². The Morgan fingerprint density at radius 1 is 1.47 bits per heavy atom. The van der Waals surface area contributed by atoms with Gasteiger partial charge in [0.05, 0.1) is 11.6 Å². The highest BCUT2D eigenvalue weighted by molar-refractivity contribution is 5.98. The molecule has 0 aliphatic heterocycles. The summed E-state index contributed by atoms with van der Waals surface area (Å²) in [4.78, 5) is 19.7. The van der Waals surface area contributed by atoms with Crippen molar-refractivity contribution >= 4 is 11.7 Å². The van der Waals surface area contributed by atoms with Crippen molar-refractivity contribution in [1.29, 1.82) is 0 Å². The molecule has 0 fully saturated rings. The average molecular weight is 260 g/mol. The SMILES string of the molecule is Cc1cc([C@H](C)NC(=O)c2cncnc2N)c(C)o1. The highest BCUT2D eigenvalue weighted by Crippen LogP contribution is 2.21. The number of hydrogen-bond acceptors (Lipinski definition) is 5. The zero-order valence-corrected chi connectivity index (χ0v) is 11.1. The number of hydrogen-bond donors (Lipinski definition) is 2. The molecule has 0 spiro atoms. The second kappa shape index (κ2) is 5.09. The van der Waals surface area contributed by atoms with Crippen molar-refractivity contribution in [2.24, 2.45) is 0 Å². The number of nitrogen functional groups attached to an aromatic ring is 1. The van der Waals surface area contributed by atoms with E-state index in [9.17, 15) is 4.79 Å².